The van der Waals surface area contributed by atoms with Crippen molar-refractivity contribution in [2.24, 2.45) is 11.7 Å². The molecule has 1 aliphatic heterocycles. The predicted octanol–water partition coefficient (Wildman–Crippen LogP) is 0.439. The van der Waals surface area contributed by atoms with E-state index in [1.165, 1.54) is 19.7 Å². The van der Waals surface area contributed by atoms with Crippen LogP contribution in [0.2, 0.25) is 0 Å². The topological polar surface area (TPSA) is 81.3 Å². The van der Waals surface area contributed by atoms with Gasteiger partial charge in [-0.25, -0.2) is 4.98 Å². The van der Waals surface area contributed by atoms with Crippen molar-refractivity contribution in [2.45, 2.75) is 24.8 Å². The van der Waals surface area contributed by atoms with E-state index in [1.807, 2.05) is 4.90 Å². The zero-order chi connectivity index (χ0) is 13.5. The van der Waals surface area contributed by atoms with Crippen LogP contribution in [0.15, 0.2) is 12.3 Å². The lowest BCUT2D eigenvalue weighted by atomic mass is 9.92. The molecule has 1 aromatic heterocycles. The second-order valence-corrected chi connectivity index (χ2v) is 5.44. The van der Waals surface area contributed by atoms with E-state index in [0.717, 1.165) is 19.4 Å². The van der Waals surface area contributed by atoms with Crippen molar-refractivity contribution in [1.82, 2.24) is 14.9 Å². The van der Waals surface area contributed by atoms with Gasteiger partial charge in [-0.05, 0) is 24.8 Å². The fourth-order valence-electron chi connectivity index (χ4n) is 3.21. The summed E-state index contributed by atoms with van der Waals surface area (Å²) >= 11 is 0. The van der Waals surface area contributed by atoms with E-state index in [2.05, 4.69) is 9.97 Å². The Kier molecular flexibility index (Phi) is 2.89. The highest BCUT2D eigenvalue weighted by Gasteiger charge is 2.48. The quantitative estimate of drug-likeness (QED) is 0.836. The van der Waals surface area contributed by atoms with Crippen LogP contribution >= 0.6 is 0 Å². The molecule has 102 valence electrons. The number of carbonyl (C=O) groups excluding carboxylic acids is 1. The third-order valence-corrected chi connectivity index (χ3v) is 4.26. The number of carbonyl (C=O) groups is 1. The van der Waals surface area contributed by atoms with Crippen LogP contribution in [0, 0.1) is 5.92 Å². The van der Waals surface area contributed by atoms with Gasteiger partial charge >= 0.3 is 6.01 Å². The van der Waals surface area contributed by atoms with Crippen molar-refractivity contribution in [2.75, 3.05) is 20.2 Å². The number of ether oxygens (including phenoxy) is 1. The Morgan fingerprint density at radius 3 is 3.21 bits per heavy atom. The minimum absolute atomic E-state index is 0.0834. The maximum atomic E-state index is 12.4. The number of rotatable bonds is 2. The molecule has 1 aliphatic carbocycles. The summed E-state index contributed by atoms with van der Waals surface area (Å²) < 4.78 is 4.94. The molecule has 6 nitrogen and oxygen atoms in total. The predicted molar refractivity (Wildman–Crippen MR) is 68.7 cm³/mol. The lowest BCUT2D eigenvalue weighted by Crippen LogP contribution is -2.45. The van der Waals surface area contributed by atoms with Crippen LogP contribution in [-0.4, -0.2) is 46.5 Å². The van der Waals surface area contributed by atoms with Gasteiger partial charge in [0.1, 0.15) is 5.69 Å². The maximum Gasteiger partial charge on any atom is 0.316 e. The summed E-state index contributed by atoms with van der Waals surface area (Å²) in [4.78, 5) is 22.2. The van der Waals surface area contributed by atoms with Crippen molar-refractivity contribution in [3.05, 3.63) is 18.0 Å². The molecule has 1 aromatic rings. The Morgan fingerprint density at radius 1 is 1.63 bits per heavy atom. The highest BCUT2D eigenvalue weighted by molar-refractivity contribution is 5.92. The van der Waals surface area contributed by atoms with Gasteiger partial charge in [0.2, 0.25) is 0 Å². The monoisotopic (exact) mass is 262 g/mol. The Labute approximate surface area is 112 Å². The number of amides is 1. The Balaban J connectivity index is 1.78. The van der Waals surface area contributed by atoms with Gasteiger partial charge in [-0.3, -0.25) is 4.79 Å². The molecule has 19 heavy (non-hydrogen) atoms. The first-order valence-corrected chi connectivity index (χ1v) is 6.57. The zero-order valence-corrected chi connectivity index (χ0v) is 11.0. The molecular formula is C13H18N4O2. The number of hydrogen-bond donors (Lipinski definition) is 1. The van der Waals surface area contributed by atoms with E-state index in [4.69, 9.17) is 10.5 Å². The van der Waals surface area contributed by atoms with Crippen molar-refractivity contribution >= 4 is 5.91 Å². The lowest BCUT2D eigenvalue weighted by molar-refractivity contribution is 0.0771. The normalized spacial score (nSPS) is 29.4. The molecule has 0 radical (unpaired) electrons. The van der Waals surface area contributed by atoms with Crippen LogP contribution in [0.1, 0.15) is 29.8 Å². The van der Waals surface area contributed by atoms with E-state index in [-0.39, 0.29) is 17.5 Å². The number of nitrogens with zero attached hydrogens (tertiary/aromatic N) is 3. The molecule has 2 N–H and O–H groups in total. The van der Waals surface area contributed by atoms with Gasteiger partial charge in [0.25, 0.3) is 5.91 Å². The zero-order valence-electron chi connectivity index (χ0n) is 11.0. The molecule has 0 aromatic carbocycles. The molecule has 2 unspecified atom stereocenters. The highest BCUT2D eigenvalue weighted by Crippen LogP contribution is 2.39. The number of nitrogens with two attached hydrogens (primary N) is 1. The number of likely N-dealkylation sites (tertiary alicyclic amines) is 1. The van der Waals surface area contributed by atoms with Crippen molar-refractivity contribution in [1.29, 1.82) is 0 Å². The molecule has 2 fully saturated rings. The summed E-state index contributed by atoms with van der Waals surface area (Å²) in [5, 5.41) is 0. The summed E-state index contributed by atoms with van der Waals surface area (Å²) in [5.74, 6) is 0.347. The minimum Gasteiger partial charge on any atom is -0.467 e. The molecule has 1 saturated heterocycles. The van der Waals surface area contributed by atoms with Crippen LogP contribution in [0.25, 0.3) is 0 Å². The smallest absolute Gasteiger partial charge is 0.316 e. The number of hydrogen-bond acceptors (Lipinski definition) is 5. The van der Waals surface area contributed by atoms with E-state index < -0.39 is 0 Å². The van der Waals surface area contributed by atoms with Crippen LogP contribution in [0.4, 0.5) is 0 Å². The highest BCUT2D eigenvalue weighted by atomic mass is 16.5. The largest absolute Gasteiger partial charge is 0.467 e. The van der Waals surface area contributed by atoms with E-state index >= 15 is 0 Å². The number of methoxy groups -OCH3 is 1. The van der Waals surface area contributed by atoms with E-state index in [0.29, 0.717) is 18.2 Å². The van der Waals surface area contributed by atoms with Gasteiger partial charge in [0, 0.05) is 24.8 Å². The third kappa shape index (κ3) is 2.06. The van der Waals surface area contributed by atoms with Crippen molar-refractivity contribution < 1.29 is 9.53 Å². The molecular weight excluding hydrogens is 244 g/mol. The van der Waals surface area contributed by atoms with Crippen LogP contribution in [0.5, 0.6) is 6.01 Å². The second-order valence-electron chi connectivity index (χ2n) is 5.44. The SMILES string of the molecule is COc1nccc(C(=O)N2CC3CCCC3(N)C2)n1. The molecule has 1 saturated carbocycles. The molecule has 2 heterocycles. The fraction of sp³-hybridized carbons (Fsp3) is 0.615. The Bertz CT molecular complexity index is 507. The fourth-order valence-corrected chi connectivity index (χ4v) is 3.21. The number of fused-ring (bicyclic) bond motifs is 1. The van der Waals surface area contributed by atoms with Gasteiger partial charge in [-0.15, -0.1) is 0 Å². The van der Waals surface area contributed by atoms with Crippen LogP contribution in [0.3, 0.4) is 0 Å². The first-order valence-electron chi connectivity index (χ1n) is 6.57. The maximum absolute atomic E-state index is 12.4. The molecule has 0 bridgehead atoms. The molecule has 3 rings (SSSR count). The first-order chi connectivity index (χ1) is 9.12. The number of aromatic nitrogens is 2. The standard InChI is InChI=1S/C13H18N4O2/c1-19-12-15-6-4-10(16-12)11(18)17-7-9-3-2-5-13(9,14)8-17/h4,6,9H,2-3,5,7-8,14H2,1H3. The van der Waals surface area contributed by atoms with Gasteiger partial charge in [0.05, 0.1) is 7.11 Å². The molecule has 0 spiro atoms. The van der Waals surface area contributed by atoms with Crippen molar-refractivity contribution in [3.63, 3.8) is 0 Å². The summed E-state index contributed by atoms with van der Waals surface area (Å²) in [7, 11) is 1.48. The first kappa shape index (κ1) is 12.3. The lowest BCUT2D eigenvalue weighted by Gasteiger charge is -2.22. The Hall–Kier alpha value is -1.69. The summed E-state index contributed by atoms with van der Waals surface area (Å²) in [6.07, 6.45) is 4.83. The third-order valence-electron chi connectivity index (χ3n) is 4.26. The molecule has 2 aliphatic rings. The molecule has 1 amide bonds. The minimum atomic E-state index is -0.188. The van der Waals surface area contributed by atoms with E-state index in [1.54, 1.807) is 6.07 Å². The Morgan fingerprint density at radius 2 is 2.47 bits per heavy atom. The van der Waals surface area contributed by atoms with Gasteiger partial charge < -0.3 is 15.4 Å². The second kappa shape index (κ2) is 4.45. The molecule has 6 heteroatoms. The van der Waals surface area contributed by atoms with Gasteiger partial charge in [0.15, 0.2) is 0 Å². The van der Waals surface area contributed by atoms with Crippen LogP contribution < -0.4 is 10.5 Å². The van der Waals surface area contributed by atoms with Crippen LogP contribution in [-0.2, 0) is 0 Å². The van der Waals surface area contributed by atoms with Crippen molar-refractivity contribution in [3.8, 4) is 6.01 Å². The van der Waals surface area contributed by atoms with Gasteiger partial charge in [-0.2, -0.15) is 4.98 Å². The average Bonchev–Trinajstić information content (AvgIpc) is 2.92. The summed E-state index contributed by atoms with van der Waals surface area (Å²) in [5.41, 5.74) is 6.56. The molecule has 2 atom stereocenters. The van der Waals surface area contributed by atoms with E-state index in [9.17, 15) is 4.79 Å². The average molecular weight is 262 g/mol. The van der Waals surface area contributed by atoms with Gasteiger partial charge in [-0.1, -0.05) is 6.42 Å². The summed E-state index contributed by atoms with van der Waals surface area (Å²) in [6.45, 7) is 1.37. The summed E-state index contributed by atoms with van der Waals surface area (Å²) in [6, 6.07) is 1.83.